The average molecular weight is 499 g/mol. The number of aryl methyl sites for hydroxylation is 1. The number of nitrogens with zero attached hydrogens (tertiary/aromatic N) is 1. The summed E-state index contributed by atoms with van der Waals surface area (Å²) in [6.45, 7) is 9.53. The van der Waals surface area contributed by atoms with Crippen LogP contribution in [0.25, 0.3) is 6.08 Å². The van der Waals surface area contributed by atoms with Crippen molar-refractivity contribution in [1.29, 1.82) is 0 Å². The standard InChI is InChI=1S/C26H30N2O6S/c1-7-32-25(30)22-16(5)27-26-28(24(29)21(35-26)13-18-10-8-15(4)34-18)23(22)17-9-11-19(33-14(2)3)20(12-17)31-6/h8-14,23,26-27H,7H2,1-6H3/b21-13-/t23-,26+/m1/s1. The Labute approximate surface area is 209 Å². The first kappa shape index (κ1) is 24.8. The van der Waals surface area contributed by atoms with Gasteiger partial charge < -0.3 is 23.9 Å². The van der Waals surface area contributed by atoms with Crippen molar-refractivity contribution in [2.75, 3.05) is 13.7 Å². The fourth-order valence-corrected chi connectivity index (χ4v) is 5.38. The molecule has 35 heavy (non-hydrogen) atoms. The number of hydrogen-bond acceptors (Lipinski definition) is 8. The van der Waals surface area contributed by atoms with Gasteiger partial charge in [-0.25, -0.2) is 4.79 Å². The number of thioether (sulfide) groups is 1. The number of carbonyl (C=O) groups excluding carboxylic acids is 2. The number of ether oxygens (including phenoxy) is 3. The molecule has 1 aromatic carbocycles. The predicted molar refractivity (Wildman–Crippen MR) is 134 cm³/mol. The van der Waals surface area contributed by atoms with Crippen LogP contribution in [0.2, 0.25) is 0 Å². The van der Waals surface area contributed by atoms with Gasteiger partial charge in [0.15, 0.2) is 17.0 Å². The molecule has 1 aromatic heterocycles. The summed E-state index contributed by atoms with van der Waals surface area (Å²) in [4.78, 5) is 28.9. The van der Waals surface area contributed by atoms with Gasteiger partial charge in [-0.15, -0.1) is 0 Å². The van der Waals surface area contributed by atoms with Crippen molar-refractivity contribution in [3.8, 4) is 11.5 Å². The van der Waals surface area contributed by atoms with Crippen LogP contribution in [0, 0.1) is 6.92 Å². The second-order valence-electron chi connectivity index (χ2n) is 8.52. The first-order valence-electron chi connectivity index (χ1n) is 11.5. The van der Waals surface area contributed by atoms with Crippen molar-refractivity contribution in [1.82, 2.24) is 10.2 Å². The molecule has 1 fully saturated rings. The van der Waals surface area contributed by atoms with Gasteiger partial charge in [-0.1, -0.05) is 17.8 Å². The Hall–Kier alpha value is -3.33. The smallest absolute Gasteiger partial charge is 0.338 e. The van der Waals surface area contributed by atoms with Crippen molar-refractivity contribution in [3.05, 3.63) is 63.6 Å². The molecule has 1 N–H and O–H groups in total. The number of amides is 1. The molecule has 2 aromatic rings. The van der Waals surface area contributed by atoms with E-state index in [1.807, 2.05) is 52.0 Å². The third-order valence-corrected chi connectivity index (χ3v) is 6.74. The lowest BCUT2D eigenvalue weighted by Crippen LogP contribution is -2.50. The van der Waals surface area contributed by atoms with Gasteiger partial charge in [-0.2, -0.15) is 0 Å². The highest BCUT2D eigenvalue weighted by Gasteiger charge is 2.48. The lowest BCUT2D eigenvalue weighted by atomic mass is 9.93. The third-order valence-electron chi connectivity index (χ3n) is 5.63. The minimum atomic E-state index is -0.675. The second-order valence-corrected chi connectivity index (χ2v) is 9.64. The van der Waals surface area contributed by atoms with Crippen molar-refractivity contribution in [3.63, 3.8) is 0 Å². The average Bonchev–Trinajstić information content (AvgIpc) is 3.35. The van der Waals surface area contributed by atoms with Crippen LogP contribution in [-0.4, -0.2) is 42.1 Å². The lowest BCUT2D eigenvalue weighted by Gasteiger charge is -2.39. The Morgan fingerprint density at radius 2 is 2.00 bits per heavy atom. The van der Waals surface area contributed by atoms with Gasteiger partial charge in [-0.3, -0.25) is 9.69 Å². The van der Waals surface area contributed by atoms with Crippen LogP contribution in [-0.2, 0) is 14.3 Å². The summed E-state index contributed by atoms with van der Waals surface area (Å²) >= 11 is 1.38. The van der Waals surface area contributed by atoms with Crippen LogP contribution < -0.4 is 14.8 Å². The second kappa shape index (κ2) is 10.1. The van der Waals surface area contributed by atoms with Gasteiger partial charge in [0.25, 0.3) is 5.91 Å². The van der Waals surface area contributed by atoms with Crippen LogP contribution in [0.5, 0.6) is 11.5 Å². The Morgan fingerprint density at radius 1 is 1.23 bits per heavy atom. The molecule has 4 rings (SSSR count). The number of furan rings is 1. The molecule has 2 atom stereocenters. The Kier molecular flexibility index (Phi) is 7.16. The summed E-state index contributed by atoms with van der Waals surface area (Å²) in [5.74, 6) is 1.79. The molecular formula is C26H30N2O6S. The van der Waals surface area contributed by atoms with E-state index in [1.165, 1.54) is 11.8 Å². The molecule has 9 heteroatoms. The maximum absolute atomic E-state index is 13.7. The Bertz CT molecular complexity index is 1200. The predicted octanol–water partition coefficient (Wildman–Crippen LogP) is 4.77. The summed E-state index contributed by atoms with van der Waals surface area (Å²) in [6, 6.07) is 8.47. The van der Waals surface area contributed by atoms with Crippen LogP contribution >= 0.6 is 11.8 Å². The SMILES string of the molecule is CCOC(=O)C1=C(C)N[C@@H]2S/C(=C\c3ccc(C)o3)C(=O)N2[C@@H]1c1ccc(OC(C)C)c(OC)c1. The first-order valence-corrected chi connectivity index (χ1v) is 12.4. The van der Waals surface area contributed by atoms with Crippen LogP contribution in [0.4, 0.5) is 0 Å². The zero-order valence-corrected chi connectivity index (χ0v) is 21.5. The summed E-state index contributed by atoms with van der Waals surface area (Å²) in [5.41, 5.74) is 1.36. The minimum Gasteiger partial charge on any atom is -0.493 e. The number of benzene rings is 1. The quantitative estimate of drug-likeness (QED) is 0.432. The van der Waals surface area contributed by atoms with E-state index < -0.39 is 17.5 Å². The summed E-state index contributed by atoms with van der Waals surface area (Å²) in [7, 11) is 1.56. The summed E-state index contributed by atoms with van der Waals surface area (Å²) < 4.78 is 22.5. The number of methoxy groups -OCH3 is 1. The van der Waals surface area contributed by atoms with Gasteiger partial charge in [0.2, 0.25) is 0 Å². The summed E-state index contributed by atoms with van der Waals surface area (Å²) in [5, 5.41) is 3.30. The zero-order chi connectivity index (χ0) is 25.3. The van der Waals surface area contributed by atoms with Gasteiger partial charge in [-0.05, 0) is 64.4 Å². The largest absolute Gasteiger partial charge is 0.493 e. The van der Waals surface area contributed by atoms with E-state index in [0.717, 1.165) is 11.3 Å². The highest BCUT2D eigenvalue weighted by Crippen LogP contribution is 2.47. The molecule has 1 amide bonds. The van der Waals surface area contributed by atoms with E-state index >= 15 is 0 Å². The molecule has 0 radical (unpaired) electrons. The van der Waals surface area contributed by atoms with Crippen molar-refractivity contribution >= 4 is 29.7 Å². The minimum absolute atomic E-state index is 0.0373. The fourth-order valence-electron chi connectivity index (χ4n) is 4.18. The Morgan fingerprint density at radius 3 is 2.63 bits per heavy atom. The molecular weight excluding hydrogens is 468 g/mol. The van der Waals surface area contributed by atoms with Crippen LogP contribution in [0.3, 0.4) is 0 Å². The molecule has 0 aliphatic carbocycles. The molecule has 1 saturated heterocycles. The molecule has 3 heterocycles. The van der Waals surface area contributed by atoms with E-state index in [9.17, 15) is 9.59 Å². The van der Waals surface area contributed by atoms with E-state index in [2.05, 4.69) is 5.32 Å². The van der Waals surface area contributed by atoms with Crippen molar-refractivity contribution in [2.45, 2.75) is 52.3 Å². The zero-order valence-electron chi connectivity index (χ0n) is 20.7. The number of hydrogen-bond donors (Lipinski definition) is 1. The molecule has 0 saturated carbocycles. The van der Waals surface area contributed by atoms with E-state index in [4.69, 9.17) is 18.6 Å². The lowest BCUT2D eigenvalue weighted by molar-refractivity contribution is -0.140. The van der Waals surface area contributed by atoms with E-state index in [1.54, 1.807) is 31.1 Å². The van der Waals surface area contributed by atoms with Gasteiger partial charge >= 0.3 is 5.97 Å². The van der Waals surface area contributed by atoms with Crippen LogP contribution in [0.15, 0.2) is 50.9 Å². The number of nitrogens with one attached hydrogen (secondary N) is 1. The summed E-state index contributed by atoms with van der Waals surface area (Å²) in [6.07, 6.45) is 1.70. The monoisotopic (exact) mass is 498 g/mol. The van der Waals surface area contributed by atoms with Gasteiger partial charge in [0.05, 0.1) is 36.3 Å². The normalized spacial score (nSPS) is 20.8. The topological polar surface area (TPSA) is 90.2 Å². The number of carbonyl (C=O) groups is 2. The molecule has 186 valence electrons. The first-order chi connectivity index (χ1) is 16.7. The molecule has 2 aliphatic heterocycles. The number of rotatable bonds is 7. The molecule has 8 nitrogen and oxygen atoms in total. The molecule has 0 bridgehead atoms. The number of esters is 1. The van der Waals surface area contributed by atoms with Gasteiger partial charge in [0.1, 0.15) is 11.5 Å². The fraction of sp³-hybridized carbons (Fsp3) is 0.385. The number of allylic oxidation sites excluding steroid dienone is 1. The molecule has 2 aliphatic rings. The maximum Gasteiger partial charge on any atom is 0.338 e. The van der Waals surface area contributed by atoms with Crippen molar-refractivity contribution in [2.24, 2.45) is 0 Å². The van der Waals surface area contributed by atoms with E-state index in [-0.39, 0.29) is 18.6 Å². The maximum atomic E-state index is 13.7. The van der Waals surface area contributed by atoms with Gasteiger partial charge in [0, 0.05) is 11.8 Å². The van der Waals surface area contributed by atoms with E-state index in [0.29, 0.717) is 33.4 Å². The van der Waals surface area contributed by atoms with Crippen molar-refractivity contribution < 1.29 is 28.2 Å². The highest BCUT2D eigenvalue weighted by molar-refractivity contribution is 8.05. The Balaban J connectivity index is 1.80. The number of fused-ring (bicyclic) bond motifs is 1. The third kappa shape index (κ3) is 4.91. The molecule has 0 spiro atoms. The molecule has 0 unspecified atom stereocenters. The highest BCUT2D eigenvalue weighted by atomic mass is 32.2. The van der Waals surface area contributed by atoms with Crippen LogP contribution in [0.1, 0.15) is 50.8 Å².